The Kier molecular flexibility index (Phi) is 6.89. The molecule has 0 spiro atoms. The molecule has 1 aromatic heterocycles. The molecule has 1 heterocycles. The summed E-state index contributed by atoms with van der Waals surface area (Å²) >= 11 is 1.87. The van der Waals surface area contributed by atoms with Crippen LogP contribution in [0.1, 0.15) is 17.9 Å². The van der Waals surface area contributed by atoms with Gasteiger partial charge in [0, 0.05) is 43.2 Å². The molecule has 0 N–H and O–H groups in total. The van der Waals surface area contributed by atoms with E-state index in [4.69, 9.17) is 0 Å². The third-order valence-corrected chi connectivity index (χ3v) is 11.5. The molecule has 236 valence electrons. The summed E-state index contributed by atoms with van der Waals surface area (Å²) < 4.78 is 2.67. The van der Waals surface area contributed by atoms with Crippen LogP contribution in [0.2, 0.25) is 0 Å². The lowest BCUT2D eigenvalue weighted by Gasteiger charge is -2.30. The van der Waals surface area contributed by atoms with Crippen LogP contribution < -0.4 is 4.90 Å². The fourth-order valence-corrected chi connectivity index (χ4v) is 8.99. The van der Waals surface area contributed by atoms with Crippen LogP contribution >= 0.6 is 11.3 Å². The Morgan fingerprint density at radius 3 is 2.00 bits per heavy atom. The van der Waals surface area contributed by atoms with Gasteiger partial charge in [0.1, 0.15) is 0 Å². The van der Waals surface area contributed by atoms with Gasteiger partial charge in [-0.05, 0) is 104 Å². The van der Waals surface area contributed by atoms with Crippen molar-refractivity contribution in [2.24, 2.45) is 0 Å². The summed E-state index contributed by atoms with van der Waals surface area (Å²) in [5.41, 5.74) is 7.32. The van der Waals surface area contributed by atoms with E-state index in [-0.39, 0.29) is 5.92 Å². The lowest BCUT2D eigenvalue weighted by atomic mass is 9.87. The van der Waals surface area contributed by atoms with E-state index < -0.39 is 0 Å². The van der Waals surface area contributed by atoms with Crippen LogP contribution in [0.3, 0.4) is 0 Å². The van der Waals surface area contributed by atoms with Crippen LogP contribution in [0.15, 0.2) is 188 Å². The van der Waals surface area contributed by atoms with E-state index in [9.17, 15) is 0 Å². The molecule has 0 bridgehead atoms. The van der Waals surface area contributed by atoms with Gasteiger partial charge in [-0.25, -0.2) is 0 Å². The molecule has 1 atom stereocenters. The smallest absolute Gasteiger partial charge is 0.0467 e. The number of anilines is 2. The number of rotatable bonds is 5. The maximum absolute atomic E-state index is 2.47. The third-order valence-electron chi connectivity index (χ3n) is 10.4. The summed E-state index contributed by atoms with van der Waals surface area (Å²) in [6.45, 7) is 0. The summed E-state index contributed by atoms with van der Waals surface area (Å²) in [6, 6.07) is 60.3. The number of nitrogens with zero attached hydrogens (tertiary/aromatic N) is 1. The van der Waals surface area contributed by atoms with Gasteiger partial charge in [0.05, 0.1) is 0 Å². The molecule has 50 heavy (non-hydrogen) atoms. The molecule has 1 aliphatic rings. The van der Waals surface area contributed by atoms with Crippen LogP contribution in [0, 0.1) is 0 Å². The van der Waals surface area contributed by atoms with Crippen LogP contribution in [0.4, 0.5) is 11.4 Å². The number of fused-ring (bicyclic) bond motifs is 7. The van der Waals surface area contributed by atoms with Crippen molar-refractivity contribution in [1.82, 2.24) is 0 Å². The predicted molar refractivity (Wildman–Crippen MR) is 217 cm³/mol. The summed E-state index contributed by atoms with van der Waals surface area (Å²) in [5.74, 6) is 0.277. The first-order chi connectivity index (χ1) is 24.8. The topological polar surface area (TPSA) is 3.24 Å². The van der Waals surface area contributed by atoms with Crippen LogP contribution in [-0.2, 0) is 0 Å². The minimum Gasteiger partial charge on any atom is -0.311 e. The van der Waals surface area contributed by atoms with Gasteiger partial charge < -0.3 is 4.90 Å². The number of thiophene rings is 1. The molecule has 8 aromatic carbocycles. The number of allylic oxidation sites excluding steroid dienone is 3. The number of hydrogen-bond acceptors (Lipinski definition) is 2. The Morgan fingerprint density at radius 2 is 1.12 bits per heavy atom. The lowest BCUT2D eigenvalue weighted by molar-refractivity contribution is 0.845. The fourth-order valence-electron chi connectivity index (χ4n) is 7.90. The highest BCUT2D eigenvalue weighted by Crippen LogP contribution is 2.41. The Bertz CT molecular complexity index is 2790. The van der Waals surface area contributed by atoms with Gasteiger partial charge in [-0.1, -0.05) is 133 Å². The first kappa shape index (κ1) is 29.0. The second-order valence-corrected chi connectivity index (χ2v) is 14.4. The summed E-state index contributed by atoms with van der Waals surface area (Å²) in [7, 11) is 0. The van der Waals surface area contributed by atoms with Crippen molar-refractivity contribution >= 4 is 75.2 Å². The highest BCUT2D eigenvalue weighted by atomic mass is 32.1. The van der Waals surface area contributed by atoms with Crippen molar-refractivity contribution in [1.29, 1.82) is 0 Å². The lowest BCUT2D eigenvalue weighted by Crippen LogP contribution is -2.18. The van der Waals surface area contributed by atoms with Crippen LogP contribution in [-0.4, -0.2) is 0 Å². The largest absolute Gasteiger partial charge is 0.311 e. The molecule has 0 saturated carbocycles. The average Bonchev–Trinajstić information content (AvgIpc) is 3.56. The van der Waals surface area contributed by atoms with E-state index in [2.05, 4.69) is 187 Å². The normalized spacial score (nSPS) is 14.6. The van der Waals surface area contributed by atoms with Crippen molar-refractivity contribution in [2.75, 3.05) is 4.90 Å². The van der Waals surface area contributed by atoms with Gasteiger partial charge >= 0.3 is 0 Å². The minimum atomic E-state index is 0.277. The first-order valence-electron chi connectivity index (χ1n) is 17.4. The van der Waals surface area contributed by atoms with E-state index >= 15 is 0 Å². The van der Waals surface area contributed by atoms with E-state index in [1.807, 2.05) is 11.3 Å². The van der Waals surface area contributed by atoms with Gasteiger partial charge in [-0.15, -0.1) is 11.3 Å². The molecule has 1 nitrogen and oxygen atoms in total. The molecule has 1 aliphatic carbocycles. The molecule has 0 amide bonds. The Hall–Kier alpha value is -5.96. The summed E-state index contributed by atoms with van der Waals surface area (Å²) in [5, 5.41) is 10.4. The van der Waals surface area contributed by atoms with Gasteiger partial charge in [-0.2, -0.15) is 0 Å². The van der Waals surface area contributed by atoms with Crippen molar-refractivity contribution in [3.8, 4) is 11.1 Å². The second kappa shape index (κ2) is 11.9. The quantitative estimate of drug-likeness (QED) is 0.167. The van der Waals surface area contributed by atoms with Gasteiger partial charge in [0.25, 0.3) is 0 Å². The molecule has 10 rings (SSSR count). The number of hydrogen-bond donors (Lipinski definition) is 0. The first-order valence-corrected chi connectivity index (χ1v) is 18.2. The Labute approximate surface area is 295 Å². The van der Waals surface area contributed by atoms with Crippen LogP contribution in [0.5, 0.6) is 0 Å². The molecule has 1 unspecified atom stereocenters. The van der Waals surface area contributed by atoms with Crippen molar-refractivity contribution in [2.45, 2.75) is 12.3 Å². The molecular formula is C48H33NS. The zero-order chi connectivity index (χ0) is 33.0. The summed E-state index contributed by atoms with van der Waals surface area (Å²) in [4.78, 5) is 2.43. The van der Waals surface area contributed by atoms with Crippen LogP contribution in [0.25, 0.3) is 63.6 Å². The molecule has 9 aromatic rings. The van der Waals surface area contributed by atoms with Crippen molar-refractivity contribution in [3.05, 3.63) is 193 Å². The summed E-state index contributed by atoms with van der Waals surface area (Å²) in [6.07, 6.45) is 8.09. The maximum Gasteiger partial charge on any atom is 0.0467 e. The van der Waals surface area contributed by atoms with Crippen molar-refractivity contribution in [3.63, 3.8) is 0 Å². The van der Waals surface area contributed by atoms with Crippen molar-refractivity contribution < 1.29 is 0 Å². The number of benzene rings is 8. The monoisotopic (exact) mass is 655 g/mol. The third kappa shape index (κ3) is 4.91. The maximum atomic E-state index is 2.47. The van der Waals surface area contributed by atoms with Gasteiger partial charge in [-0.3, -0.25) is 0 Å². The highest BCUT2D eigenvalue weighted by molar-refractivity contribution is 7.25. The second-order valence-electron chi connectivity index (χ2n) is 13.3. The van der Waals surface area contributed by atoms with E-state index in [0.29, 0.717) is 0 Å². The fraction of sp³-hybridized carbons (Fsp3) is 0.0417. The molecular weight excluding hydrogens is 623 g/mol. The van der Waals surface area contributed by atoms with Gasteiger partial charge in [0.2, 0.25) is 0 Å². The zero-order valence-electron chi connectivity index (χ0n) is 27.5. The minimum absolute atomic E-state index is 0.277. The molecule has 0 saturated heterocycles. The molecule has 0 radical (unpaired) electrons. The van der Waals surface area contributed by atoms with E-state index in [1.54, 1.807) is 0 Å². The highest BCUT2D eigenvalue weighted by Gasteiger charge is 2.21. The predicted octanol–water partition coefficient (Wildman–Crippen LogP) is 13.9. The standard InChI is InChI=1S/C48H33NS/c1-3-14-41-33(9-1)11-8-17-43(41)36-12-7-13-39(29-36)49(40-26-27-44-37(30-40)20-19-34-10-2-4-15-42(34)44)38-24-21-32(22-25-38)35-23-28-48-46(31-35)45-16-5-6-18-47(45)50-48/h1-11,13-31,36H,12H2. The average molecular weight is 656 g/mol. The SMILES string of the molecule is C1=CC(N(c2ccc(-c3ccc4sc5ccccc5c4c3)cc2)c2ccc3c(ccc4ccccc43)c2)=CC(c2cccc3ccccc23)C1. The zero-order valence-corrected chi connectivity index (χ0v) is 28.3. The van der Waals surface area contributed by atoms with E-state index in [1.165, 1.54) is 74.9 Å². The van der Waals surface area contributed by atoms with E-state index in [0.717, 1.165) is 17.8 Å². The Morgan fingerprint density at radius 1 is 0.460 bits per heavy atom. The molecule has 2 heteroatoms. The molecule has 0 aliphatic heterocycles. The molecule has 0 fully saturated rings. The Balaban J connectivity index is 1.09. The van der Waals surface area contributed by atoms with Gasteiger partial charge in [0.15, 0.2) is 0 Å².